The maximum Gasteiger partial charge on any atom is 0.235 e. The van der Waals surface area contributed by atoms with Crippen LogP contribution in [0.1, 0.15) is 31.4 Å². The number of ether oxygens (including phenoxy) is 1. The molecule has 9 nitrogen and oxygen atoms in total. The Hall–Kier alpha value is -3.92. The van der Waals surface area contributed by atoms with Gasteiger partial charge in [0.1, 0.15) is 23.1 Å². The van der Waals surface area contributed by atoms with Crippen molar-refractivity contribution in [3.05, 3.63) is 59.5 Å². The molecule has 0 bridgehead atoms. The average Bonchev–Trinajstić information content (AvgIpc) is 3.32. The highest BCUT2D eigenvalue weighted by atomic mass is 19.1. The zero-order valence-corrected chi connectivity index (χ0v) is 19.8. The number of hydrogen-bond donors (Lipinski definition) is 2. The van der Waals surface area contributed by atoms with E-state index >= 15 is 0 Å². The molecular formula is C25H26FN7O2. The van der Waals surface area contributed by atoms with Crippen LogP contribution in [0.2, 0.25) is 0 Å². The molecule has 3 aromatic heterocycles. The molecule has 4 aromatic rings. The maximum absolute atomic E-state index is 14.3. The normalized spacial score (nSPS) is 14.2. The van der Waals surface area contributed by atoms with Crippen LogP contribution in [0, 0.1) is 5.82 Å². The molecule has 1 aliphatic heterocycles. The fourth-order valence-electron chi connectivity index (χ4n) is 4.25. The van der Waals surface area contributed by atoms with Gasteiger partial charge in [0.05, 0.1) is 22.9 Å². The third-order valence-corrected chi connectivity index (χ3v) is 6.15. The first-order chi connectivity index (χ1) is 16.9. The largest absolute Gasteiger partial charge is 0.385 e. The SMILES string of the molecule is COCCCNc1nc(-c2nn(Cc3ccccc3F)c3ncccc23)nc2c1C(C)(C)C(=O)N2. The number of nitrogens with one attached hydrogen (secondary N) is 2. The summed E-state index contributed by atoms with van der Waals surface area (Å²) in [6.45, 7) is 5.12. The number of rotatable bonds is 8. The topological polar surface area (TPSA) is 107 Å². The van der Waals surface area contributed by atoms with E-state index < -0.39 is 5.41 Å². The summed E-state index contributed by atoms with van der Waals surface area (Å²) in [5.74, 6) is 0.928. The summed E-state index contributed by atoms with van der Waals surface area (Å²) in [6, 6.07) is 10.3. The standard InChI is InChI=1S/C25H26FN7O2/c1-25(2)18-20(27-12-7-13-35-3)29-22(30-21(18)31-24(25)34)19-16-9-6-11-28-23(16)33(32-19)14-15-8-4-5-10-17(15)26/h4-6,8-11H,7,12-14H2,1-3H3,(H2,27,29,30,31,34). The van der Waals surface area contributed by atoms with E-state index in [1.54, 1.807) is 36.2 Å². The molecule has 5 rings (SSSR count). The zero-order chi connectivity index (χ0) is 24.6. The molecule has 35 heavy (non-hydrogen) atoms. The molecule has 0 fully saturated rings. The zero-order valence-electron chi connectivity index (χ0n) is 19.8. The van der Waals surface area contributed by atoms with Crippen molar-refractivity contribution < 1.29 is 13.9 Å². The lowest BCUT2D eigenvalue weighted by molar-refractivity contribution is -0.119. The summed E-state index contributed by atoms with van der Waals surface area (Å²) < 4.78 is 21.1. The molecule has 4 heterocycles. The van der Waals surface area contributed by atoms with E-state index in [2.05, 4.69) is 20.6 Å². The Bertz CT molecular complexity index is 1420. The minimum absolute atomic E-state index is 0.143. The Kier molecular flexibility index (Phi) is 5.89. The molecule has 1 aliphatic rings. The van der Waals surface area contributed by atoms with Crippen molar-refractivity contribution in [2.75, 3.05) is 30.9 Å². The van der Waals surface area contributed by atoms with E-state index in [0.717, 1.165) is 17.4 Å². The van der Waals surface area contributed by atoms with Crippen LogP contribution in [0.5, 0.6) is 0 Å². The average molecular weight is 476 g/mol. The van der Waals surface area contributed by atoms with Gasteiger partial charge in [-0.1, -0.05) is 18.2 Å². The predicted molar refractivity (Wildman–Crippen MR) is 131 cm³/mol. The van der Waals surface area contributed by atoms with Gasteiger partial charge in [0, 0.05) is 32.0 Å². The number of anilines is 2. The molecule has 180 valence electrons. The number of hydrogen-bond acceptors (Lipinski definition) is 7. The van der Waals surface area contributed by atoms with E-state index in [1.165, 1.54) is 6.07 Å². The molecular weight excluding hydrogens is 449 g/mol. The number of carbonyl (C=O) groups excluding carboxylic acids is 1. The molecule has 10 heteroatoms. The first-order valence-corrected chi connectivity index (χ1v) is 11.4. The Morgan fingerprint density at radius 1 is 1.17 bits per heavy atom. The van der Waals surface area contributed by atoms with Gasteiger partial charge >= 0.3 is 0 Å². The maximum atomic E-state index is 14.3. The van der Waals surface area contributed by atoms with Gasteiger partial charge in [0.2, 0.25) is 5.91 Å². The lowest BCUT2D eigenvalue weighted by Crippen LogP contribution is -2.28. The Morgan fingerprint density at radius 2 is 2.00 bits per heavy atom. The second-order valence-electron chi connectivity index (χ2n) is 8.94. The van der Waals surface area contributed by atoms with Crippen LogP contribution in [-0.2, 0) is 21.5 Å². The highest BCUT2D eigenvalue weighted by Crippen LogP contribution is 2.41. The number of halogens is 1. The number of carbonyl (C=O) groups is 1. The van der Waals surface area contributed by atoms with Crippen LogP contribution in [0.3, 0.4) is 0 Å². The van der Waals surface area contributed by atoms with E-state index in [0.29, 0.717) is 47.5 Å². The third kappa shape index (κ3) is 4.10. The van der Waals surface area contributed by atoms with Gasteiger partial charge in [0.25, 0.3) is 0 Å². The first kappa shape index (κ1) is 22.9. The fourth-order valence-corrected chi connectivity index (χ4v) is 4.25. The molecule has 0 saturated heterocycles. The highest BCUT2D eigenvalue weighted by molar-refractivity contribution is 6.06. The molecule has 0 spiro atoms. The van der Waals surface area contributed by atoms with Crippen molar-refractivity contribution in [3.8, 4) is 11.5 Å². The van der Waals surface area contributed by atoms with Crippen LogP contribution in [0.15, 0.2) is 42.6 Å². The van der Waals surface area contributed by atoms with Crippen LogP contribution >= 0.6 is 0 Å². The molecule has 0 saturated carbocycles. The Balaban J connectivity index is 1.61. The van der Waals surface area contributed by atoms with Crippen molar-refractivity contribution >= 4 is 28.6 Å². The second kappa shape index (κ2) is 9.03. The van der Waals surface area contributed by atoms with Gasteiger partial charge in [-0.25, -0.2) is 24.0 Å². The summed E-state index contributed by atoms with van der Waals surface area (Å²) in [6.07, 6.45) is 2.44. The van der Waals surface area contributed by atoms with Gasteiger partial charge in [0.15, 0.2) is 11.5 Å². The number of amides is 1. The van der Waals surface area contributed by atoms with Crippen LogP contribution in [0.4, 0.5) is 16.0 Å². The third-order valence-electron chi connectivity index (χ3n) is 6.15. The van der Waals surface area contributed by atoms with Gasteiger partial charge < -0.3 is 15.4 Å². The number of pyridine rings is 1. The van der Waals surface area contributed by atoms with Gasteiger partial charge in [-0.15, -0.1) is 0 Å². The number of methoxy groups -OCH3 is 1. The predicted octanol–water partition coefficient (Wildman–Crippen LogP) is 3.75. The molecule has 0 radical (unpaired) electrons. The Labute approximate surface area is 201 Å². The van der Waals surface area contributed by atoms with E-state index in [4.69, 9.17) is 14.8 Å². The molecule has 1 amide bonds. The van der Waals surface area contributed by atoms with Crippen molar-refractivity contribution in [2.24, 2.45) is 0 Å². The second-order valence-corrected chi connectivity index (χ2v) is 8.94. The molecule has 0 aliphatic carbocycles. The van der Waals surface area contributed by atoms with E-state index in [-0.39, 0.29) is 18.3 Å². The van der Waals surface area contributed by atoms with Crippen LogP contribution in [-0.4, -0.2) is 50.9 Å². The van der Waals surface area contributed by atoms with E-state index in [1.807, 2.05) is 26.0 Å². The van der Waals surface area contributed by atoms with Crippen molar-refractivity contribution in [1.29, 1.82) is 0 Å². The lowest BCUT2D eigenvalue weighted by atomic mass is 9.87. The summed E-state index contributed by atoms with van der Waals surface area (Å²) in [5, 5.41) is 11.7. The molecule has 0 unspecified atom stereocenters. The van der Waals surface area contributed by atoms with Gasteiger partial charge in [-0.05, 0) is 38.5 Å². The smallest absolute Gasteiger partial charge is 0.235 e. The fraction of sp³-hybridized carbons (Fsp3) is 0.320. The lowest BCUT2D eigenvalue weighted by Gasteiger charge is -2.19. The number of aromatic nitrogens is 5. The van der Waals surface area contributed by atoms with Crippen LogP contribution in [0.25, 0.3) is 22.6 Å². The van der Waals surface area contributed by atoms with Crippen molar-refractivity contribution in [3.63, 3.8) is 0 Å². The van der Waals surface area contributed by atoms with Crippen LogP contribution < -0.4 is 10.6 Å². The van der Waals surface area contributed by atoms with Gasteiger partial charge in [-0.2, -0.15) is 5.10 Å². The molecule has 2 N–H and O–H groups in total. The monoisotopic (exact) mass is 475 g/mol. The quantitative estimate of drug-likeness (QED) is 0.374. The number of fused-ring (bicyclic) bond motifs is 2. The highest BCUT2D eigenvalue weighted by Gasteiger charge is 2.43. The van der Waals surface area contributed by atoms with Crippen molar-refractivity contribution in [1.82, 2.24) is 24.7 Å². The molecule has 0 atom stereocenters. The van der Waals surface area contributed by atoms with Gasteiger partial charge in [-0.3, -0.25) is 4.79 Å². The van der Waals surface area contributed by atoms with E-state index in [9.17, 15) is 9.18 Å². The number of nitrogens with zero attached hydrogens (tertiary/aromatic N) is 5. The summed E-state index contributed by atoms with van der Waals surface area (Å²) >= 11 is 0. The number of benzene rings is 1. The van der Waals surface area contributed by atoms with Crippen molar-refractivity contribution in [2.45, 2.75) is 32.2 Å². The molecule has 1 aromatic carbocycles. The summed E-state index contributed by atoms with van der Waals surface area (Å²) in [5.41, 5.74) is 1.53. The minimum atomic E-state index is -0.786. The minimum Gasteiger partial charge on any atom is -0.385 e. The first-order valence-electron chi connectivity index (χ1n) is 11.4. The summed E-state index contributed by atoms with van der Waals surface area (Å²) in [4.78, 5) is 26.6. The Morgan fingerprint density at radius 3 is 2.80 bits per heavy atom. The summed E-state index contributed by atoms with van der Waals surface area (Å²) in [7, 11) is 1.66.